The van der Waals surface area contributed by atoms with Crippen molar-refractivity contribution in [3.63, 3.8) is 0 Å². The predicted octanol–water partition coefficient (Wildman–Crippen LogP) is -0.188. The molecule has 126 valence electrons. The highest BCUT2D eigenvalue weighted by molar-refractivity contribution is 6.09. The summed E-state index contributed by atoms with van der Waals surface area (Å²) in [5, 5.41) is 6.03. The van der Waals surface area contributed by atoms with Gasteiger partial charge in [-0.1, -0.05) is 24.3 Å². The second-order valence-electron chi connectivity index (χ2n) is 6.51. The zero-order valence-corrected chi connectivity index (χ0v) is 13.4. The van der Waals surface area contributed by atoms with Gasteiger partial charge in [0.25, 0.3) is 5.91 Å². The number of carbonyl (C=O) groups excluding carboxylic acids is 3. The Hall–Kier alpha value is -2.41. The summed E-state index contributed by atoms with van der Waals surface area (Å²) >= 11 is 0. The normalized spacial score (nSPS) is 26.0. The number of fused-ring (bicyclic) bond motifs is 2. The Morgan fingerprint density at radius 3 is 2.71 bits per heavy atom. The SMILES string of the molecule is O=C(CN1C(=O)NC2(CCc3ccccc32)C1=O)N1CCNCC1. The Morgan fingerprint density at radius 2 is 1.92 bits per heavy atom. The van der Waals surface area contributed by atoms with Gasteiger partial charge in [0.15, 0.2) is 0 Å². The number of rotatable bonds is 2. The number of benzene rings is 1. The molecule has 1 spiro atoms. The quantitative estimate of drug-likeness (QED) is 0.738. The maximum Gasteiger partial charge on any atom is 0.325 e. The molecule has 2 aliphatic heterocycles. The van der Waals surface area contributed by atoms with E-state index in [-0.39, 0.29) is 18.4 Å². The number of imide groups is 1. The Morgan fingerprint density at radius 1 is 1.17 bits per heavy atom. The van der Waals surface area contributed by atoms with E-state index in [1.165, 1.54) is 0 Å². The fourth-order valence-corrected chi connectivity index (χ4v) is 3.88. The van der Waals surface area contributed by atoms with Crippen molar-refractivity contribution in [3.8, 4) is 0 Å². The summed E-state index contributed by atoms with van der Waals surface area (Å²) < 4.78 is 0. The zero-order chi connectivity index (χ0) is 16.7. The first-order valence-electron chi connectivity index (χ1n) is 8.33. The maximum atomic E-state index is 13.0. The molecule has 1 unspecified atom stereocenters. The molecule has 7 heteroatoms. The highest BCUT2D eigenvalue weighted by Crippen LogP contribution is 2.41. The Kier molecular flexibility index (Phi) is 3.53. The second kappa shape index (κ2) is 5.59. The van der Waals surface area contributed by atoms with E-state index >= 15 is 0 Å². The molecule has 4 rings (SSSR count). The number of nitrogens with one attached hydrogen (secondary N) is 2. The minimum absolute atomic E-state index is 0.177. The van der Waals surface area contributed by atoms with Crippen LogP contribution in [0.3, 0.4) is 0 Å². The number of hydrogen-bond donors (Lipinski definition) is 2. The van der Waals surface area contributed by atoms with Gasteiger partial charge < -0.3 is 15.5 Å². The minimum Gasteiger partial charge on any atom is -0.339 e. The van der Waals surface area contributed by atoms with Crippen LogP contribution in [0.25, 0.3) is 0 Å². The van der Waals surface area contributed by atoms with Crippen LogP contribution in [-0.2, 0) is 21.5 Å². The molecule has 2 N–H and O–H groups in total. The first-order chi connectivity index (χ1) is 11.6. The fourth-order valence-electron chi connectivity index (χ4n) is 3.88. The molecule has 1 aliphatic carbocycles. The highest BCUT2D eigenvalue weighted by Gasteiger charge is 2.55. The van der Waals surface area contributed by atoms with Crippen LogP contribution < -0.4 is 10.6 Å². The lowest BCUT2D eigenvalue weighted by atomic mass is 9.92. The van der Waals surface area contributed by atoms with Crippen LogP contribution in [0.5, 0.6) is 0 Å². The number of aryl methyl sites for hydroxylation is 1. The van der Waals surface area contributed by atoms with Crippen molar-refractivity contribution in [3.05, 3.63) is 35.4 Å². The fraction of sp³-hybridized carbons (Fsp3) is 0.471. The van der Waals surface area contributed by atoms with E-state index < -0.39 is 11.6 Å². The van der Waals surface area contributed by atoms with E-state index in [1.54, 1.807) is 4.90 Å². The van der Waals surface area contributed by atoms with Gasteiger partial charge in [-0.3, -0.25) is 14.5 Å². The standard InChI is InChI=1S/C17H20N4O3/c22-14(20-9-7-18-8-10-20)11-21-15(23)17(19-16(21)24)6-5-12-3-1-2-4-13(12)17/h1-4,18H,5-11H2,(H,19,24). The van der Waals surface area contributed by atoms with Crippen LogP contribution >= 0.6 is 0 Å². The molecule has 2 fully saturated rings. The molecule has 0 bridgehead atoms. The average molecular weight is 328 g/mol. The Bertz CT molecular complexity index is 714. The first-order valence-corrected chi connectivity index (χ1v) is 8.33. The van der Waals surface area contributed by atoms with Gasteiger partial charge in [-0.15, -0.1) is 0 Å². The molecule has 1 atom stereocenters. The summed E-state index contributed by atoms with van der Waals surface area (Å²) in [6.07, 6.45) is 1.30. The predicted molar refractivity (Wildman–Crippen MR) is 86.1 cm³/mol. The summed E-state index contributed by atoms with van der Waals surface area (Å²) in [5.41, 5.74) is 0.958. The summed E-state index contributed by atoms with van der Waals surface area (Å²) in [5.74, 6) is -0.482. The van der Waals surface area contributed by atoms with Crippen LogP contribution in [0.4, 0.5) is 4.79 Å². The first kappa shape index (κ1) is 15.1. The smallest absolute Gasteiger partial charge is 0.325 e. The number of nitrogens with zero attached hydrogens (tertiary/aromatic N) is 2. The van der Waals surface area contributed by atoms with Crippen LogP contribution in [-0.4, -0.2) is 60.4 Å². The monoisotopic (exact) mass is 328 g/mol. The molecule has 0 aromatic heterocycles. The van der Waals surface area contributed by atoms with E-state index in [0.717, 1.165) is 35.5 Å². The third kappa shape index (κ3) is 2.19. The minimum atomic E-state index is -0.989. The molecule has 2 saturated heterocycles. The van der Waals surface area contributed by atoms with Crippen molar-refractivity contribution < 1.29 is 14.4 Å². The molecule has 24 heavy (non-hydrogen) atoms. The number of carbonyl (C=O) groups is 3. The molecule has 1 aromatic carbocycles. The summed E-state index contributed by atoms with van der Waals surface area (Å²) in [4.78, 5) is 40.6. The zero-order valence-electron chi connectivity index (χ0n) is 13.4. The lowest BCUT2D eigenvalue weighted by Crippen LogP contribution is -2.50. The van der Waals surface area contributed by atoms with Crippen LogP contribution in [0.15, 0.2) is 24.3 Å². The lowest BCUT2D eigenvalue weighted by molar-refractivity contribution is -0.139. The van der Waals surface area contributed by atoms with Gasteiger partial charge in [0.1, 0.15) is 12.1 Å². The van der Waals surface area contributed by atoms with E-state index in [2.05, 4.69) is 10.6 Å². The van der Waals surface area contributed by atoms with E-state index in [0.29, 0.717) is 19.5 Å². The van der Waals surface area contributed by atoms with Gasteiger partial charge in [0, 0.05) is 26.2 Å². The van der Waals surface area contributed by atoms with Crippen molar-refractivity contribution >= 4 is 17.8 Å². The van der Waals surface area contributed by atoms with Crippen molar-refractivity contribution in [2.75, 3.05) is 32.7 Å². The topological polar surface area (TPSA) is 81.8 Å². The molecule has 4 amide bonds. The van der Waals surface area contributed by atoms with Crippen LogP contribution in [0.1, 0.15) is 17.5 Å². The number of urea groups is 1. The van der Waals surface area contributed by atoms with E-state index in [4.69, 9.17) is 0 Å². The van der Waals surface area contributed by atoms with Gasteiger partial charge >= 0.3 is 6.03 Å². The lowest BCUT2D eigenvalue weighted by Gasteiger charge is -2.28. The van der Waals surface area contributed by atoms with E-state index in [9.17, 15) is 14.4 Å². The molecular formula is C17H20N4O3. The molecular weight excluding hydrogens is 308 g/mol. The van der Waals surface area contributed by atoms with Gasteiger partial charge in [0.2, 0.25) is 5.91 Å². The number of piperazine rings is 1. The second-order valence-corrected chi connectivity index (χ2v) is 6.51. The maximum absolute atomic E-state index is 13.0. The summed E-state index contributed by atoms with van der Waals surface area (Å²) in [6, 6.07) is 7.21. The van der Waals surface area contributed by atoms with Crippen molar-refractivity contribution in [2.45, 2.75) is 18.4 Å². The molecule has 0 saturated carbocycles. The van der Waals surface area contributed by atoms with Crippen LogP contribution in [0, 0.1) is 0 Å². The Labute approximate surface area is 140 Å². The van der Waals surface area contributed by atoms with Gasteiger partial charge in [0.05, 0.1) is 0 Å². The van der Waals surface area contributed by atoms with Crippen molar-refractivity contribution in [1.29, 1.82) is 0 Å². The summed E-state index contributed by atoms with van der Waals surface area (Å²) in [6.45, 7) is 2.51. The van der Waals surface area contributed by atoms with Crippen molar-refractivity contribution in [1.82, 2.24) is 20.4 Å². The van der Waals surface area contributed by atoms with Crippen LogP contribution in [0.2, 0.25) is 0 Å². The molecule has 3 aliphatic rings. The largest absolute Gasteiger partial charge is 0.339 e. The van der Waals surface area contributed by atoms with Gasteiger partial charge in [-0.05, 0) is 24.0 Å². The third-order valence-electron chi connectivity index (χ3n) is 5.19. The average Bonchev–Trinajstić information content (AvgIpc) is 3.10. The summed E-state index contributed by atoms with van der Waals surface area (Å²) in [7, 11) is 0. The van der Waals surface area contributed by atoms with Gasteiger partial charge in [-0.2, -0.15) is 0 Å². The number of hydrogen-bond acceptors (Lipinski definition) is 4. The number of amides is 4. The highest BCUT2D eigenvalue weighted by atomic mass is 16.2. The van der Waals surface area contributed by atoms with Crippen molar-refractivity contribution in [2.24, 2.45) is 0 Å². The third-order valence-corrected chi connectivity index (χ3v) is 5.19. The molecule has 0 radical (unpaired) electrons. The Balaban J connectivity index is 1.55. The molecule has 1 aromatic rings. The van der Waals surface area contributed by atoms with E-state index in [1.807, 2.05) is 24.3 Å². The molecule has 7 nitrogen and oxygen atoms in total. The van der Waals surface area contributed by atoms with Gasteiger partial charge in [-0.25, -0.2) is 4.79 Å². The molecule has 2 heterocycles.